The van der Waals surface area contributed by atoms with Gasteiger partial charge in [0.05, 0.1) is 0 Å². The third-order valence-electron chi connectivity index (χ3n) is 2.71. The molecule has 0 fully saturated rings. The Labute approximate surface area is 119 Å². The molecule has 0 aliphatic heterocycles. The van der Waals surface area contributed by atoms with Gasteiger partial charge in [-0.3, -0.25) is 5.10 Å². The average molecular weight is 306 g/mol. The summed E-state index contributed by atoms with van der Waals surface area (Å²) in [6.45, 7) is 2.75. The zero-order chi connectivity index (χ0) is 14.3. The van der Waals surface area contributed by atoms with E-state index in [0.717, 1.165) is 24.3 Å². The maximum absolute atomic E-state index is 12.1. The average Bonchev–Trinajstić information content (AvgIpc) is 2.72. The van der Waals surface area contributed by atoms with E-state index in [1.807, 2.05) is 13.2 Å². The second-order valence-corrected chi connectivity index (χ2v) is 6.93. The molecule has 1 rings (SSSR count). The lowest BCUT2D eigenvalue weighted by Gasteiger charge is -2.06. The number of aromatic nitrogens is 2. The van der Waals surface area contributed by atoms with Crippen molar-refractivity contribution in [2.75, 3.05) is 25.6 Å². The lowest BCUT2D eigenvalue weighted by Crippen LogP contribution is -2.26. The summed E-state index contributed by atoms with van der Waals surface area (Å²) in [4.78, 5) is 0. The number of aryl methyl sites for hydroxylation is 1. The predicted octanol–water partition coefficient (Wildman–Crippen LogP) is 0.859. The van der Waals surface area contributed by atoms with Gasteiger partial charge in [-0.15, -0.1) is 0 Å². The quantitative estimate of drug-likeness (QED) is 0.589. The van der Waals surface area contributed by atoms with Gasteiger partial charge in [0.1, 0.15) is 0 Å². The zero-order valence-electron chi connectivity index (χ0n) is 11.6. The van der Waals surface area contributed by atoms with Crippen LogP contribution in [0.25, 0.3) is 0 Å². The van der Waals surface area contributed by atoms with Crippen LogP contribution in [0.3, 0.4) is 0 Å². The molecule has 0 spiro atoms. The Morgan fingerprint density at radius 2 is 2.11 bits per heavy atom. The van der Waals surface area contributed by atoms with Crippen LogP contribution >= 0.6 is 11.8 Å². The summed E-state index contributed by atoms with van der Waals surface area (Å²) in [7, 11) is -1.74. The molecular formula is C11H22N4O2S2. The van der Waals surface area contributed by atoms with Crippen LogP contribution in [0.5, 0.6) is 0 Å². The Morgan fingerprint density at radius 1 is 1.37 bits per heavy atom. The summed E-state index contributed by atoms with van der Waals surface area (Å²) in [5.41, 5.74) is 1.47. The molecule has 0 saturated heterocycles. The van der Waals surface area contributed by atoms with E-state index in [1.54, 1.807) is 18.8 Å². The summed E-state index contributed by atoms with van der Waals surface area (Å²) in [6, 6.07) is 0. The predicted molar refractivity (Wildman–Crippen MR) is 78.9 cm³/mol. The van der Waals surface area contributed by atoms with Gasteiger partial charge in [0.25, 0.3) is 10.0 Å². The Balaban J connectivity index is 2.66. The first-order valence-electron chi connectivity index (χ1n) is 6.20. The number of H-pyrrole nitrogens is 1. The van der Waals surface area contributed by atoms with E-state index in [0.29, 0.717) is 18.7 Å². The number of thioether (sulfide) groups is 1. The number of sulfonamides is 1. The van der Waals surface area contributed by atoms with Crippen LogP contribution in [0.15, 0.2) is 5.03 Å². The topological polar surface area (TPSA) is 86.9 Å². The van der Waals surface area contributed by atoms with Crippen molar-refractivity contribution in [3.63, 3.8) is 0 Å². The van der Waals surface area contributed by atoms with E-state index in [2.05, 4.69) is 20.2 Å². The summed E-state index contributed by atoms with van der Waals surface area (Å²) in [5, 5.41) is 9.68. The van der Waals surface area contributed by atoms with Gasteiger partial charge in [0, 0.05) is 24.3 Å². The van der Waals surface area contributed by atoms with E-state index in [4.69, 9.17) is 0 Å². The first-order chi connectivity index (χ1) is 9.03. The molecule has 8 heteroatoms. The van der Waals surface area contributed by atoms with Gasteiger partial charge in [-0.2, -0.15) is 16.9 Å². The van der Waals surface area contributed by atoms with Crippen molar-refractivity contribution in [1.82, 2.24) is 20.2 Å². The van der Waals surface area contributed by atoms with Gasteiger partial charge in [-0.25, -0.2) is 13.1 Å². The van der Waals surface area contributed by atoms with E-state index >= 15 is 0 Å². The third kappa shape index (κ3) is 4.79. The first-order valence-corrected chi connectivity index (χ1v) is 9.07. The molecule has 0 bridgehead atoms. The fourth-order valence-electron chi connectivity index (χ4n) is 1.68. The molecule has 0 unspecified atom stereocenters. The minimum Gasteiger partial charge on any atom is -0.316 e. The molecule has 1 aromatic heterocycles. The second kappa shape index (κ2) is 7.88. The molecule has 19 heavy (non-hydrogen) atoms. The van der Waals surface area contributed by atoms with E-state index in [-0.39, 0.29) is 5.03 Å². The largest absolute Gasteiger partial charge is 0.316 e. The molecule has 3 N–H and O–H groups in total. The molecule has 6 nitrogen and oxygen atoms in total. The zero-order valence-corrected chi connectivity index (χ0v) is 13.2. The molecule has 0 aromatic carbocycles. The SMILES string of the molecule is CNCc1c(S(=O)(=O)NCCCCSC)n[nH]c1C. The molecule has 0 aliphatic rings. The van der Waals surface area contributed by atoms with Crippen molar-refractivity contribution in [2.24, 2.45) is 0 Å². The number of aromatic amines is 1. The normalized spacial score (nSPS) is 11.9. The fourth-order valence-corrected chi connectivity index (χ4v) is 3.44. The van der Waals surface area contributed by atoms with Gasteiger partial charge < -0.3 is 5.32 Å². The number of nitrogens with one attached hydrogen (secondary N) is 3. The molecule has 0 atom stereocenters. The van der Waals surface area contributed by atoms with Crippen molar-refractivity contribution >= 4 is 21.8 Å². The molecular weight excluding hydrogens is 284 g/mol. The molecule has 1 aromatic rings. The van der Waals surface area contributed by atoms with Gasteiger partial charge in [0.2, 0.25) is 0 Å². The minimum absolute atomic E-state index is 0.101. The van der Waals surface area contributed by atoms with E-state index in [1.165, 1.54) is 0 Å². The van der Waals surface area contributed by atoms with Gasteiger partial charge in [0.15, 0.2) is 5.03 Å². The second-order valence-electron chi connectivity index (χ2n) is 4.26. The highest BCUT2D eigenvalue weighted by atomic mass is 32.2. The molecule has 1 heterocycles. The Morgan fingerprint density at radius 3 is 2.74 bits per heavy atom. The van der Waals surface area contributed by atoms with Crippen LogP contribution in [0.4, 0.5) is 0 Å². The van der Waals surface area contributed by atoms with Crippen LogP contribution in [0, 0.1) is 6.92 Å². The van der Waals surface area contributed by atoms with Crippen molar-refractivity contribution in [2.45, 2.75) is 31.3 Å². The van der Waals surface area contributed by atoms with E-state index < -0.39 is 10.0 Å². The van der Waals surface area contributed by atoms with E-state index in [9.17, 15) is 8.42 Å². The maximum Gasteiger partial charge on any atom is 0.260 e. The summed E-state index contributed by atoms with van der Waals surface area (Å²) in [5.74, 6) is 1.05. The highest BCUT2D eigenvalue weighted by molar-refractivity contribution is 7.98. The summed E-state index contributed by atoms with van der Waals surface area (Å²) >= 11 is 1.77. The smallest absolute Gasteiger partial charge is 0.260 e. The number of rotatable bonds is 9. The molecule has 0 radical (unpaired) electrons. The monoisotopic (exact) mass is 306 g/mol. The van der Waals surface area contributed by atoms with Gasteiger partial charge >= 0.3 is 0 Å². The highest BCUT2D eigenvalue weighted by Gasteiger charge is 2.22. The Kier molecular flexibility index (Phi) is 6.84. The highest BCUT2D eigenvalue weighted by Crippen LogP contribution is 2.15. The Bertz CT molecular complexity index is 485. The van der Waals surface area contributed by atoms with Gasteiger partial charge in [-0.05, 0) is 38.8 Å². The number of unbranched alkanes of at least 4 members (excludes halogenated alkanes) is 1. The van der Waals surface area contributed by atoms with Crippen LogP contribution in [-0.2, 0) is 16.6 Å². The minimum atomic E-state index is -3.52. The van der Waals surface area contributed by atoms with Crippen molar-refractivity contribution in [3.8, 4) is 0 Å². The van der Waals surface area contributed by atoms with Crippen molar-refractivity contribution in [3.05, 3.63) is 11.3 Å². The fraction of sp³-hybridized carbons (Fsp3) is 0.727. The molecule has 110 valence electrons. The van der Waals surface area contributed by atoms with Crippen molar-refractivity contribution in [1.29, 1.82) is 0 Å². The number of hydrogen-bond acceptors (Lipinski definition) is 5. The molecule has 0 saturated carbocycles. The molecule has 0 amide bonds. The van der Waals surface area contributed by atoms with Gasteiger partial charge in [-0.1, -0.05) is 0 Å². The standard InChI is InChI=1S/C11H22N4O2S2/c1-9-10(8-12-2)11(15-14-9)19(16,17)13-6-4-5-7-18-3/h12-13H,4-8H2,1-3H3,(H,14,15). The Hall–Kier alpha value is -0.570. The van der Waals surface area contributed by atoms with Crippen LogP contribution < -0.4 is 10.0 Å². The number of hydrogen-bond donors (Lipinski definition) is 3. The lowest BCUT2D eigenvalue weighted by molar-refractivity contribution is 0.572. The number of nitrogens with zero attached hydrogens (tertiary/aromatic N) is 1. The van der Waals surface area contributed by atoms with Crippen LogP contribution in [0.2, 0.25) is 0 Å². The third-order valence-corrected chi connectivity index (χ3v) is 4.84. The summed E-state index contributed by atoms with van der Waals surface area (Å²) < 4.78 is 26.9. The lowest BCUT2D eigenvalue weighted by atomic mass is 10.3. The molecule has 0 aliphatic carbocycles. The van der Waals surface area contributed by atoms with Crippen LogP contribution in [0.1, 0.15) is 24.1 Å². The maximum atomic E-state index is 12.1. The summed E-state index contributed by atoms with van der Waals surface area (Å²) in [6.07, 6.45) is 3.89. The van der Waals surface area contributed by atoms with Crippen LogP contribution in [-0.4, -0.2) is 44.2 Å². The first kappa shape index (κ1) is 16.5. The van der Waals surface area contributed by atoms with Crippen molar-refractivity contribution < 1.29 is 8.42 Å².